The van der Waals surface area contributed by atoms with Crippen LogP contribution < -0.4 is 0 Å². The maximum Gasteiger partial charge on any atom is 0.411 e. The van der Waals surface area contributed by atoms with Gasteiger partial charge in [0.25, 0.3) is 0 Å². The molecule has 5 heteroatoms. The van der Waals surface area contributed by atoms with Crippen molar-refractivity contribution in [3.8, 4) is 6.07 Å². The summed E-state index contributed by atoms with van der Waals surface area (Å²) in [5.41, 5.74) is 4.31. The van der Waals surface area contributed by atoms with E-state index < -0.39 is 5.60 Å². The van der Waals surface area contributed by atoms with Crippen LogP contribution in [-0.2, 0) is 11.2 Å². The highest BCUT2D eigenvalue weighted by Gasteiger charge is 2.36. The van der Waals surface area contributed by atoms with Gasteiger partial charge in [0.05, 0.1) is 11.6 Å². The Balaban J connectivity index is 1.83. The molecular weight excluding hydrogens is 350 g/mol. The number of nitrogens with one attached hydrogen (secondary N) is 1. The normalized spacial score (nSPS) is 16.5. The molecule has 1 amide bonds. The summed E-state index contributed by atoms with van der Waals surface area (Å²) in [7, 11) is 0. The maximum absolute atomic E-state index is 13.0. The van der Waals surface area contributed by atoms with Gasteiger partial charge < -0.3 is 9.72 Å². The topological polar surface area (TPSA) is 69.1 Å². The van der Waals surface area contributed by atoms with Crippen molar-refractivity contribution in [2.24, 2.45) is 0 Å². The fourth-order valence-corrected chi connectivity index (χ4v) is 3.84. The van der Waals surface area contributed by atoms with E-state index in [4.69, 9.17) is 10.00 Å². The molecule has 1 aromatic heterocycles. The lowest BCUT2D eigenvalue weighted by Crippen LogP contribution is -2.43. The van der Waals surface area contributed by atoms with Gasteiger partial charge in [-0.2, -0.15) is 5.26 Å². The van der Waals surface area contributed by atoms with Crippen molar-refractivity contribution in [3.63, 3.8) is 0 Å². The van der Waals surface area contributed by atoms with Crippen molar-refractivity contribution in [3.05, 3.63) is 70.9 Å². The highest BCUT2D eigenvalue weighted by Crippen LogP contribution is 2.39. The van der Waals surface area contributed by atoms with Gasteiger partial charge in [-0.15, -0.1) is 0 Å². The zero-order valence-corrected chi connectivity index (χ0v) is 16.3. The lowest BCUT2D eigenvalue weighted by molar-refractivity contribution is 0.0175. The predicted molar refractivity (Wildman–Crippen MR) is 108 cm³/mol. The number of amides is 1. The molecule has 0 saturated carbocycles. The number of ether oxygens (including phenoxy) is 1. The summed E-state index contributed by atoms with van der Waals surface area (Å²) in [5.74, 6) is 0. The highest BCUT2D eigenvalue weighted by atomic mass is 16.6. The number of carbonyl (C=O) groups is 1. The van der Waals surface area contributed by atoms with Crippen LogP contribution in [0.3, 0.4) is 0 Å². The average Bonchev–Trinajstić information content (AvgIpc) is 3.04. The SMILES string of the molecule is CC(C)(C)OC(=O)N1CCc2c([nH]c3ccccc23)[C@@H]1c1ccc(C#N)cc1. The molecule has 0 radical (unpaired) electrons. The first-order chi connectivity index (χ1) is 13.4. The minimum absolute atomic E-state index is 0.279. The summed E-state index contributed by atoms with van der Waals surface area (Å²) >= 11 is 0. The Morgan fingerprint density at radius 1 is 1.18 bits per heavy atom. The van der Waals surface area contributed by atoms with E-state index in [9.17, 15) is 4.79 Å². The first-order valence-corrected chi connectivity index (χ1v) is 9.46. The Bertz CT molecular complexity index is 1070. The lowest BCUT2D eigenvalue weighted by Gasteiger charge is -2.37. The predicted octanol–water partition coefficient (Wildman–Crippen LogP) is 4.92. The number of aromatic amines is 1. The third-order valence-electron chi connectivity index (χ3n) is 5.02. The summed E-state index contributed by atoms with van der Waals surface area (Å²) < 4.78 is 5.68. The number of hydrogen-bond acceptors (Lipinski definition) is 3. The Morgan fingerprint density at radius 2 is 1.89 bits per heavy atom. The Morgan fingerprint density at radius 3 is 2.57 bits per heavy atom. The van der Waals surface area contributed by atoms with Crippen LogP contribution in [0, 0.1) is 11.3 Å². The molecule has 0 unspecified atom stereocenters. The molecule has 0 spiro atoms. The Labute approximate surface area is 164 Å². The van der Waals surface area contributed by atoms with E-state index in [1.807, 2.05) is 45.0 Å². The van der Waals surface area contributed by atoms with E-state index in [0.717, 1.165) is 23.2 Å². The number of rotatable bonds is 1. The lowest BCUT2D eigenvalue weighted by atomic mass is 9.92. The maximum atomic E-state index is 13.0. The van der Waals surface area contributed by atoms with Gasteiger partial charge in [0.2, 0.25) is 0 Å². The molecule has 1 atom stereocenters. The first kappa shape index (κ1) is 18.1. The van der Waals surface area contributed by atoms with E-state index in [0.29, 0.717) is 12.1 Å². The number of nitrogens with zero attached hydrogens (tertiary/aromatic N) is 2. The van der Waals surface area contributed by atoms with Crippen molar-refractivity contribution < 1.29 is 9.53 Å². The van der Waals surface area contributed by atoms with Crippen LogP contribution >= 0.6 is 0 Å². The largest absolute Gasteiger partial charge is 0.444 e. The molecule has 0 bridgehead atoms. The summed E-state index contributed by atoms with van der Waals surface area (Å²) in [5, 5.41) is 10.3. The molecule has 2 aromatic carbocycles. The first-order valence-electron chi connectivity index (χ1n) is 9.46. The number of aromatic nitrogens is 1. The summed E-state index contributed by atoms with van der Waals surface area (Å²) in [4.78, 5) is 18.3. The minimum atomic E-state index is -0.562. The van der Waals surface area contributed by atoms with Crippen molar-refractivity contribution >= 4 is 17.0 Å². The smallest absolute Gasteiger partial charge is 0.411 e. The van der Waals surface area contributed by atoms with Crippen molar-refractivity contribution in [2.75, 3.05) is 6.54 Å². The summed E-state index contributed by atoms with van der Waals surface area (Å²) in [6.45, 7) is 6.20. The van der Waals surface area contributed by atoms with Crippen molar-refractivity contribution in [1.29, 1.82) is 5.26 Å². The van der Waals surface area contributed by atoms with E-state index in [2.05, 4.69) is 23.2 Å². The van der Waals surface area contributed by atoms with Gasteiger partial charge in [-0.1, -0.05) is 30.3 Å². The fraction of sp³-hybridized carbons (Fsp3) is 0.304. The summed E-state index contributed by atoms with van der Waals surface area (Å²) in [6.07, 6.45) is 0.442. The highest BCUT2D eigenvalue weighted by molar-refractivity contribution is 5.86. The van der Waals surface area contributed by atoms with Gasteiger partial charge in [-0.3, -0.25) is 4.90 Å². The van der Waals surface area contributed by atoms with Crippen molar-refractivity contribution in [2.45, 2.75) is 38.8 Å². The molecule has 0 saturated heterocycles. The Hall–Kier alpha value is -3.26. The minimum Gasteiger partial charge on any atom is -0.444 e. The molecule has 4 rings (SSSR count). The van der Waals surface area contributed by atoms with Crippen LogP contribution in [0.2, 0.25) is 0 Å². The van der Waals surface area contributed by atoms with E-state index >= 15 is 0 Å². The standard InChI is InChI=1S/C23H23N3O2/c1-23(2,3)28-22(27)26-13-12-18-17-6-4-5-7-19(17)25-20(18)21(26)16-10-8-15(14-24)9-11-16/h4-11,21,25H,12-13H2,1-3H3/t21-/m0/s1. The number of hydrogen-bond donors (Lipinski definition) is 1. The number of fused-ring (bicyclic) bond motifs is 3. The van der Waals surface area contributed by atoms with Gasteiger partial charge >= 0.3 is 6.09 Å². The molecular formula is C23H23N3O2. The molecule has 1 N–H and O–H groups in total. The third kappa shape index (κ3) is 3.22. The van der Waals surface area contributed by atoms with Gasteiger partial charge in [0.15, 0.2) is 0 Å². The third-order valence-corrected chi connectivity index (χ3v) is 5.02. The molecule has 0 aliphatic carbocycles. The van der Waals surface area contributed by atoms with Gasteiger partial charge in [-0.25, -0.2) is 4.79 Å². The van der Waals surface area contributed by atoms with E-state index in [1.54, 1.807) is 17.0 Å². The van der Waals surface area contributed by atoms with E-state index in [-0.39, 0.29) is 12.1 Å². The number of carbonyl (C=O) groups excluding carboxylic acids is 1. The van der Waals surface area contributed by atoms with Gasteiger partial charge in [0, 0.05) is 23.1 Å². The van der Waals surface area contributed by atoms with Gasteiger partial charge in [-0.05, 0) is 56.5 Å². The molecule has 1 aliphatic rings. The molecule has 28 heavy (non-hydrogen) atoms. The van der Waals surface area contributed by atoms with Crippen LogP contribution in [-0.4, -0.2) is 28.1 Å². The number of H-pyrrole nitrogens is 1. The molecule has 0 fully saturated rings. The zero-order chi connectivity index (χ0) is 19.9. The Kier molecular flexibility index (Phi) is 4.35. The number of para-hydroxylation sites is 1. The fourth-order valence-electron chi connectivity index (χ4n) is 3.84. The van der Waals surface area contributed by atoms with Gasteiger partial charge in [0.1, 0.15) is 11.6 Å². The average molecular weight is 373 g/mol. The molecule has 5 nitrogen and oxygen atoms in total. The zero-order valence-electron chi connectivity index (χ0n) is 16.3. The quantitative estimate of drug-likeness (QED) is 0.658. The number of nitriles is 1. The second-order valence-corrected chi connectivity index (χ2v) is 8.12. The van der Waals surface area contributed by atoms with Crippen LogP contribution in [0.1, 0.15) is 49.2 Å². The molecule has 1 aliphatic heterocycles. The number of benzene rings is 2. The van der Waals surface area contributed by atoms with Crippen LogP contribution in [0.25, 0.3) is 10.9 Å². The monoisotopic (exact) mass is 373 g/mol. The molecule has 142 valence electrons. The van der Waals surface area contributed by atoms with E-state index in [1.165, 1.54) is 10.9 Å². The second kappa shape index (κ2) is 6.72. The molecule has 3 aromatic rings. The van der Waals surface area contributed by atoms with Crippen LogP contribution in [0.15, 0.2) is 48.5 Å². The van der Waals surface area contributed by atoms with Crippen LogP contribution in [0.5, 0.6) is 0 Å². The molecule has 2 heterocycles. The van der Waals surface area contributed by atoms with Crippen LogP contribution in [0.4, 0.5) is 4.79 Å². The van der Waals surface area contributed by atoms with Crippen molar-refractivity contribution in [1.82, 2.24) is 9.88 Å². The second-order valence-electron chi connectivity index (χ2n) is 8.12. The summed E-state index contributed by atoms with van der Waals surface area (Å²) in [6, 6.07) is 17.5.